The second kappa shape index (κ2) is 5.77. The molecule has 1 aromatic carbocycles. The van der Waals surface area contributed by atoms with Crippen molar-refractivity contribution in [3.8, 4) is 10.6 Å². The molecule has 0 unspecified atom stereocenters. The molecule has 0 saturated heterocycles. The van der Waals surface area contributed by atoms with E-state index in [2.05, 4.69) is 5.10 Å². The number of halogens is 2. The van der Waals surface area contributed by atoms with Gasteiger partial charge in [0.1, 0.15) is 9.84 Å². The van der Waals surface area contributed by atoms with Crippen molar-refractivity contribution in [1.29, 1.82) is 0 Å². The standard InChI is InChI=1S/C17H11Cl2N3OS2/c18-9-5-8(6-10(19)7-9)14-21-22-16(23)13-11-3-1-2-4-12(11)24-15(13)20-17(22)25-14/h5-7H,1-4H2. The number of hydrogen-bond acceptors (Lipinski definition) is 5. The third kappa shape index (κ3) is 2.51. The highest BCUT2D eigenvalue weighted by Gasteiger charge is 2.22. The molecule has 3 heterocycles. The number of benzene rings is 1. The average molecular weight is 408 g/mol. The Labute approximate surface area is 160 Å². The minimum Gasteiger partial charge on any atom is -0.266 e. The van der Waals surface area contributed by atoms with Crippen molar-refractivity contribution < 1.29 is 0 Å². The molecule has 0 spiro atoms. The summed E-state index contributed by atoms with van der Waals surface area (Å²) in [7, 11) is 0. The van der Waals surface area contributed by atoms with Gasteiger partial charge in [0.15, 0.2) is 0 Å². The van der Waals surface area contributed by atoms with E-state index in [1.54, 1.807) is 29.5 Å². The Morgan fingerprint density at radius 1 is 1.04 bits per heavy atom. The zero-order valence-electron chi connectivity index (χ0n) is 12.9. The Balaban J connectivity index is 1.77. The van der Waals surface area contributed by atoms with Crippen LogP contribution in [0.1, 0.15) is 23.3 Å². The number of aromatic nitrogens is 3. The van der Waals surface area contributed by atoms with Crippen LogP contribution in [-0.4, -0.2) is 14.6 Å². The number of aryl methyl sites for hydroxylation is 2. The largest absolute Gasteiger partial charge is 0.284 e. The van der Waals surface area contributed by atoms with Crippen LogP contribution < -0.4 is 5.56 Å². The first-order valence-corrected chi connectivity index (χ1v) is 10.3. The first-order valence-electron chi connectivity index (χ1n) is 7.91. The van der Waals surface area contributed by atoms with E-state index >= 15 is 0 Å². The lowest BCUT2D eigenvalue weighted by Crippen LogP contribution is -2.16. The van der Waals surface area contributed by atoms with Crippen LogP contribution in [0.3, 0.4) is 0 Å². The third-order valence-corrected chi connectivity index (χ3v) is 7.01. The van der Waals surface area contributed by atoms with Crippen molar-refractivity contribution in [3.63, 3.8) is 0 Å². The molecule has 1 aliphatic carbocycles. The fraction of sp³-hybridized carbons (Fsp3) is 0.235. The van der Waals surface area contributed by atoms with Gasteiger partial charge in [-0.2, -0.15) is 9.61 Å². The van der Waals surface area contributed by atoms with Crippen LogP contribution in [0.2, 0.25) is 10.0 Å². The second-order valence-electron chi connectivity index (χ2n) is 6.07. The van der Waals surface area contributed by atoms with E-state index < -0.39 is 0 Å². The van der Waals surface area contributed by atoms with E-state index in [-0.39, 0.29) is 5.56 Å². The van der Waals surface area contributed by atoms with Crippen LogP contribution >= 0.6 is 45.9 Å². The number of rotatable bonds is 1. The Kier molecular flexibility index (Phi) is 3.64. The lowest BCUT2D eigenvalue weighted by atomic mass is 9.97. The van der Waals surface area contributed by atoms with Crippen molar-refractivity contribution in [2.24, 2.45) is 0 Å². The van der Waals surface area contributed by atoms with E-state index in [0.29, 0.717) is 20.0 Å². The Bertz CT molecular complexity index is 1190. The molecule has 4 aromatic rings. The Hall–Kier alpha value is -1.47. The minimum atomic E-state index is -0.0741. The summed E-state index contributed by atoms with van der Waals surface area (Å²) in [5, 5.41) is 7.00. The highest BCUT2D eigenvalue weighted by molar-refractivity contribution is 7.21. The van der Waals surface area contributed by atoms with Crippen LogP contribution in [0, 0.1) is 0 Å². The molecule has 25 heavy (non-hydrogen) atoms. The maximum Gasteiger partial charge on any atom is 0.284 e. The van der Waals surface area contributed by atoms with Gasteiger partial charge in [-0.05, 0) is 49.4 Å². The molecule has 0 saturated carbocycles. The summed E-state index contributed by atoms with van der Waals surface area (Å²) in [5.41, 5.74) is 1.89. The predicted molar refractivity (Wildman–Crippen MR) is 105 cm³/mol. The summed E-state index contributed by atoms with van der Waals surface area (Å²) in [4.78, 5) is 20.5. The van der Waals surface area contributed by atoms with E-state index in [1.165, 1.54) is 32.7 Å². The molecule has 0 atom stereocenters. The van der Waals surface area contributed by atoms with Crippen molar-refractivity contribution in [2.45, 2.75) is 25.7 Å². The quantitative estimate of drug-likeness (QED) is 0.434. The molecule has 5 rings (SSSR count). The summed E-state index contributed by atoms with van der Waals surface area (Å²) in [6, 6.07) is 5.26. The van der Waals surface area contributed by atoms with Crippen molar-refractivity contribution in [2.75, 3.05) is 0 Å². The monoisotopic (exact) mass is 407 g/mol. The van der Waals surface area contributed by atoms with Gasteiger partial charge in [0.05, 0.1) is 5.39 Å². The molecule has 0 fully saturated rings. The lowest BCUT2D eigenvalue weighted by Gasteiger charge is -2.09. The summed E-state index contributed by atoms with van der Waals surface area (Å²) in [5.74, 6) is 0. The molecule has 126 valence electrons. The molecule has 0 amide bonds. The second-order valence-corrected chi connectivity index (χ2v) is 8.98. The topological polar surface area (TPSA) is 47.3 Å². The molecule has 1 aliphatic rings. The smallest absolute Gasteiger partial charge is 0.266 e. The third-order valence-electron chi connectivity index (χ3n) is 4.43. The van der Waals surface area contributed by atoms with Gasteiger partial charge >= 0.3 is 0 Å². The summed E-state index contributed by atoms with van der Waals surface area (Å²) in [6.07, 6.45) is 4.32. The van der Waals surface area contributed by atoms with Crippen LogP contribution in [0.15, 0.2) is 23.0 Å². The van der Waals surface area contributed by atoms with Gasteiger partial charge in [0, 0.05) is 20.5 Å². The summed E-state index contributed by atoms with van der Waals surface area (Å²) in [6.45, 7) is 0. The Morgan fingerprint density at radius 3 is 2.60 bits per heavy atom. The van der Waals surface area contributed by atoms with E-state index in [9.17, 15) is 4.79 Å². The molecule has 8 heteroatoms. The molecule has 0 radical (unpaired) electrons. The normalized spacial score (nSPS) is 14.3. The first kappa shape index (κ1) is 15.8. The maximum absolute atomic E-state index is 13.0. The van der Waals surface area contributed by atoms with Crippen LogP contribution in [-0.2, 0) is 12.8 Å². The molecular weight excluding hydrogens is 397 g/mol. The minimum absolute atomic E-state index is 0.0741. The van der Waals surface area contributed by atoms with Crippen LogP contribution in [0.25, 0.3) is 25.7 Å². The maximum atomic E-state index is 13.0. The highest BCUT2D eigenvalue weighted by atomic mass is 35.5. The summed E-state index contributed by atoms with van der Waals surface area (Å²) >= 11 is 15.2. The van der Waals surface area contributed by atoms with Gasteiger partial charge in [-0.25, -0.2) is 4.98 Å². The first-order chi connectivity index (χ1) is 12.1. The molecule has 0 N–H and O–H groups in total. The van der Waals surface area contributed by atoms with Gasteiger partial charge in [0.25, 0.3) is 5.56 Å². The Morgan fingerprint density at radius 2 is 1.80 bits per heavy atom. The van der Waals surface area contributed by atoms with Gasteiger partial charge in [-0.3, -0.25) is 4.79 Å². The number of fused-ring (bicyclic) bond motifs is 4. The number of nitrogens with zero attached hydrogens (tertiary/aromatic N) is 3. The fourth-order valence-corrected chi connectivity index (χ4v) is 6.04. The predicted octanol–water partition coefficient (Wildman–Crippen LogP) is 5.22. The summed E-state index contributed by atoms with van der Waals surface area (Å²) < 4.78 is 1.42. The van der Waals surface area contributed by atoms with Crippen molar-refractivity contribution in [3.05, 3.63) is 49.0 Å². The van der Waals surface area contributed by atoms with Crippen molar-refractivity contribution in [1.82, 2.24) is 14.6 Å². The van der Waals surface area contributed by atoms with Crippen LogP contribution in [0.4, 0.5) is 0 Å². The van der Waals surface area contributed by atoms with Gasteiger partial charge in [0.2, 0.25) is 4.96 Å². The van der Waals surface area contributed by atoms with Gasteiger partial charge in [-0.15, -0.1) is 11.3 Å². The van der Waals surface area contributed by atoms with E-state index in [4.69, 9.17) is 28.2 Å². The van der Waals surface area contributed by atoms with Gasteiger partial charge in [-0.1, -0.05) is 34.5 Å². The lowest BCUT2D eigenvalue weighted by molar-refractivity contribution is 0.699. The molecule has 0 aliphatic heterocycles. The molecular formula is C17H11Cl2N3OS2. The van der Waals surface area contributed by atoms with Crippen LogP contribution in [0.5, 0.6) is 0 Å². The van der Waals surface area contributed by atoms with Crippen molar-refractivity contribution >= 4 is 61.1 Å². The van der Waals surface area contributed by atoms with E-state index in [0.717, 1.165) is 35.0 Å². The SMILES string of the molecule is O=c1c2c3c(sc2nc2sc(-c4cc(Cl)cc(Cl)c4)nn12)CCCC3. The van der Waals surface area contributed by atoms with Gasteiger partial charge < -0.3 is 0 Å². The highest BCUT2D eigenvalue weighted by Crippen LogP contribution is 2.35. The molecule has 4 nitrogen and oxygen atoms in total. The molecule has 0 bridgehead atoms. The number of thiophene rings is 1. The zero-order chi connectivity index (χ0) is 17.1. The number of hydrogen-bond donors (Lipinski definition) is 0. The fourth-order valence-electron chi connectivity index (χ4n) is 3.32. The molecule has 3 aromatic heterocycles. The average Bonchev–Trinajstić information content (AvgIpc) is 3.15. The van der Waals surface area contributed by atoms with E-state index in [1.807, 2.05) is 0 Å². The zero-order valence-corrected chi connectivity index (χ0v) is 16.0.